The molecule has 2 aromatic rings. The predicted octanol–water partition coefficient (Wildman–Crippen LogP) is 3.80. The minimum absolute atomic E-state index is 0.0389. The van der Waals surface area contributed by atoms with Gasteiger partial charge in [0, 0.05) is 30.9 Å². The number of carboxylic acid groups (broad SMARTS) is 1. The summed E-state index contributed by atoms with van der Waals surface area (Å²) >= 11 is 0. The van der Waals surface area contributed by atoms with Crippen molar-refractivity contribution in [1.29, 1.82) is 0 Å². The first-order valence-electron chi connectivity index (χ1n) is 10.3. The standard InChI is InChI=1S/C21H28N4O4/c1-22-20(28)17-10-16(12-23-13-17)19-24-21(29-25-19)15(11-18(26)27)9-5-8-14-6-3-2-4-7-14/h10,12-15H,2-9,11H2,1H3,(H,22,28)(H,26,27)/t15-/m1/s1. The molecule has 1 atom stereocenters. The van der Waals surface area contributed by atoms with E-state index in [4.69, 9.17) is 4.52 Å². The zero-order valence-corrected chi connectivity index (χ0v) is 16.8. The number of carbonyl (C=O) groups excluding carboxylic acids is 1. The lowest BCUT2D eigenvalue weighted by Gasteiger charge is -2.21. The molecule has 0 radical (unpaired) electrons. The van der Waals surface area contributed by atoms with Gasteiger partial charge in [-0.2, -0.15) is 4.98 Å². The molecule has 1 amide bonds. The maximum Gasteiger partial charge on any atom is 0.304 e. The Kier molecular flexibility index (Phi) is 7.32. The Hall–Kier alpha value is -2.77. The molecule has 0 saturated heterocycles. The van der Waals surface area contributed by atoms with Crippen molar-refractivity contribution in [2.45, 2.75) is 63.7 Å². The highest BCUT2D eigenvalue weighted by molar-refractivity contribution is 5.94. The highest BCUT2D eigenvalue weighted by atomic mass is 16.5. The van der Waals surface area contributed by atoms with E-state index in [1.54, 1.807) is 19.3 Å². The summed E-state index contributed by atoms with van der Waals surface area (Å²) in [5, 5.41) is 15.8. The fraction of sp³-hybridized carbons (Fsp3) is 0.571. The van der Waals surface area contributed by atoms with Crippen molar-refractivity contribution in [2.24, 2.45) is 5.92 Å². The van der Waals surface area contributed by atoms with E-state index in [1.165, 1.54) is 38.3 Å². The Morgan fingerprint density at radius 2 is 2.07 bits per heavy atom. The summed E-state index contributed by atoms with van der Waals surface area (Å²) in [5.41, 5.74) is 0.947. The summed E-state index contributed by atoms with van der Waals surface area (Å²) in [6.45, 7) is 0. The number of aliphatic carboxylic acids is 1. The van der Waals surface area contributed by atoms with Gasteiger partial charge in [-0.3, -0.25) is 14.6 Å². The van der Waals surface area contributed by atoms with Crippen molar-refractivity contribution in [2.75, 3.05) is 7.05 Å². The van der Waals surface area contributed by atoms with Gasteiger partial charge in [0.15, 0.2) is 0 Å². The van der Waals surface area contributed by atoms with Crippen molar-refractivity contribution in [1.82, 2.24) is 20.4 Å². The maximum absolute atomic E-state index is 11.8. The van der Waals surface area contributed by atoms with E-state index in [1.807, 2.05) is 0 Å². The van der Waals surface area contributed by atoms with Crippen LogP contribution in [0.2, 0.25) is 0 Å². The predicted molar refractivity (Wildman–Crippen MR) is 106 cm³/mol. The molecule has 0 aliphatic heterocycles. The molecule has 8 heteroatoms. The Labute approximate surface area is 170 Å². The van der Waals surface area contributed by atoms with Gasteiger partial charge in [-0.1, -0.05) is 50.1 Å². The quantitative estimate of drug-likeness (QED) is 0.657. The van der Waals surface area contributed by atoms with Gasteiger partial charge < -0.3 is 14.9 Å². The molecule has 3 rings (SSSR count). The molecule has 2 heterocycles. The fourth-order valence-corrected chi connectivity index (χ4v) is 4.00. The molecule has 8 nitrogen and oxygen atoms in total. The van der Waals surface area contributed by atoms with Gasteiger partial charge in [-0.15, -0.1) is 0 Å². The van der Waals surface area contributed by atoms with Crippen LogP contribution < -0.4 is 5.32 Å². The molecule has 1 saturated carbocycles. The monoisotopic (exact) mass is 400 g/mol. The summed E-state index contributed by atoms with van der Waals surface area (Å²) in [7, 11) is 1.55. The van der Waals surface area contributed by atoms with Gasteiger partial charge >= 0.3 is 5.97 Å². The van der Waals surface area contributed by atoms with Gasteiger partial charge in [-0.25, -0.2) is 0 Å². The zero-order valence-electron chi connectivity index (χ0n) is 16.8. The summed E-state index contributed by atoms with van der Waals surface area (Å²) in [6.07, 6.45) is 12.3. The van der Waals surface area contributed by atoms with E-state index < -0.39 is 5.97 Å². The normalized spacial score (nSPS) is 15.8. The molecule has 1 aliphatic carbocycles. The number of carbonyl (C=O) groups is 2. The average molecular weight is 400 g/mol. The molecule has 1 aliphatic rings. The van der Waals surface area contributed by atoms with E-state index in [0.29, 0.717) is 29.3 Å². The maximum atomic E-state index is 11.8. The average Bonchev–Trinajstić information content (AvgIpc) is 3.23. The highest BCUT2D eigenvalue weighted by Crippen LogP contribution is 2.31. The lowest BCUT2D eigenvalue weighted by Crippen LogP contribution is -2.17. The summed E-state index contributed by atoms with van der Waals surface area (Å²) in [6, 6.07) is 1.63. The van der Waals surface area contributed by atoms with E-state index in [0.717, 1.165) is 18.8 Å². The van der Waals surface area contributed by atoms with Crippen LogP contribution in [0.5, 0.6) is 0 Å². The minimum Gasteiger partial charge on any atom is -0.481 e. The van der Waals surface area contributed by atoms with E-state index >= 15 is 0 Å². The minimum atomic E-state index is -0.879. The van der Waals surface area contributed by atoms with Gasteiger partial charge in [-0.05, 0) is 18.4 Å². The molecular formula is C21H28N4O4. The number of hydrogen-bond acceptors (Lipinski definition) is 6. The molecular weight excluding hydrogens is 372 g/mol. The summed E-state index contributed by atoms with van der Waals surface area (Å²) < 4.78 is 5.40. The van der Waals surface area contributed by atoms with Crippen molar-refractivity contribution in [3.63, 3.8) is 0 Å². The number of nitrogens with zero attached hydrogens (tertiary/aromatic N) is 3. The first-order chi connectivity index (χ1) is 14.1. The van der Waals surface area contributed by atoms with Crippen LogP contribution in [0.4, 0.5) is 0 Å². The van der Waals surface area contributed by atoms with Gasteiger partial charge in [0.1, 0.15) is 0 Å². The number of carboxylic acids is 1. The van der Waals surface area contributed by atoms with Gasteiger partial charge in [0.2, 0.25) is 11.7 Å². The zero-order chi connectivity index (χ0) is 20.6. The third kappa shape index (κ3) is 5.85. The number of rotatable bonds is 9. The van der Waals surface area contributed by atoms with E-state index in [9.17, 15) is 14.7 Å². The van der Waals surface area contributed by atoms with Crippen molar-refractivity contribution >= 4 is 11.9 Å². The lowest BCUT2D eigenvalue weighted by molar-refractivity contribution is -0.137. The van der Waals surface area contributed by atoms with Crippen molar-refractivity contribution in [3.8, 4) is 11.4 Å². The SMILES string of the molecule is CNC(=O)c1cncc(-c2noc([C@H](CCCC3CCCCC3)CC(=O)O)n2)c1. The van der Waals surface area contributed by atoms with Crippen LogP contribution in [0.15, 0.2) is 23.0 Å². The van der Waals surface area contributed by atoms with Crippen LogP contribution in [0.25, 0.3) is 11.4 Å². The number of aromatic nitrogens is 3. The van der Waals surface area contributed by atoms with Crippen molar-refractivity contribution in [3.05, 3.63) is 29.9 Å². The molecule has 0 spiro atoms. The van der Waals surface area contributed by atoms with E-state index in [-0.39, 0.29) is 18.2 Å². The summed E-state index contributed by atoms with van der Waals surface area (Å²) in [4.78, 5) is 31.6. The topological polar surface area (TPSA) is 118 Å². The van der Waals surface area contributed by atoms with Crippen LogP contribution in [0, 0.1) is 5.92 Å². The molecule has 0 bridgehead atoms. The van der Waals surface area contributed by atoms with Crippen LogP contribution in [0.1, 0.15) is 80.0 Å². The Bertz CT molecular complexity index is 830. The largest absolute Gasteiger partial charge is 0.481 e. The van der Waals surface area contributed by atoms with E-state index in [2.05, 4.69) is 20.4 Å². The Balaban J connectivity index is 1.68. The van der Waals surface area contributed by atoms with Gasteiger partial charge in [0.25, 0.3) is 5.91 Å². The molecule has 0 unspecified atom stereocenters. The Morgan fingerprint density at radius 3 is 2.79 bits per heavy atom. The second kappa shape index (κ2) is 10.1. The number of pyridine rings is 1. The first kappa shape index (κ1) is 21.0. The molecule has 2 aromatic heterocycles. The smallest absolute Gasteiger partial charge is 0.304 e. The summed E-state index contributed by atoms with van der Waals surface area (Å²) in [5.74, 6) is -0.0547. The highest BCUT2D eigenvalue weighted by Gasteiger charge is 2.23. The molecule has 0 aromatic carbocycles. The molecule has 2 N–H and O–H groups in total. The third-order valence-electron chi connectivity index (χ3n) is 5.59. The third-order valence-corrected chi connectivity index (χ3v) is 5.59. The van der Waals surface area contributed by atoms with Crippen LogP contribution in [-0.2, 0) is 4.79 Å². The molecule has 29 heavy (non-hydrogen) atoms. The number of amides is 1. The number of hydrogen-bond donors (Lipinski definition) is 2. The van der Waals surface area contributed by atoms with Crippen LogP contribution in [-0.4, -0.2) is 39.2 Å². The Morgan fingerprint density at radius 1 is 1.28 bits per heavy atom. The number of nitrogens with one attached hydrogen (secondary N) is 1. The second-order valence-corrected chi connectivity index (χ2v) is 7.73. The fourth-order valence-electron chi connectivity index (χ4n) is 4.00. The molecule has 1 fully saturated rings. The van der Waals surface area contributed by atoms with Crippen molar-refractivity contribution < 1.29 is 19.2 Å². The molecule has 156 valence electrons. The van der Waals surface area contributed by atoms with Gasteiger partial charge in [0.05, 0.1) is 12.0 Å². The van der Waals surface area contributed by atoms with Crippen LogP contribution in [0.3, 0.4) is 0 Å². The second-order valence-electron chi connectivity index (χ2n) is 7.73. The first-order valence-corrected chi connectivity index (χ1v) is 10.3. The lowest BCUT2D eigenvalue weighted by atomic mass is 9.84. The van der Waals surface area contributed by atoms with Crippen LogP contribution >= 0.6 is 0 Å².